The maximum absolute atomic E-state index is 8.51. The standard InChI is InChI=1S/C10H12N2O/c11-5-9-3-4-10(13-9)7-12-6-8-1-2-8/h3-4,8,12H,1-2,6-7H2. The first-order valence-electron chi connectivity index (χ1n) is 4.58. The maximum atomic E-state index is 8.51. The molecule has 0 bridgehead atoms. The summed E-state index contributed by atoms with van der Waals surface area (Å²) >= 11 is 0. The van der Waals surface area contributed by atoms with Gasteiger partial charge in [0.15, 0.2) is 0 Å². The molecule has 0 spiro atoms. The summed E-state index contributed by atoms with van der Waals surface area (Å²) in [6, 6.07) is 5.51. The highest BCUT2D eigenvalue weighted by atomic mass is 16.3. The van der Waals surface area contributed by atoms with Gasteiger partial charge in [-0.05, 0) is 37.4 Å². The van der Waals surface area contributed by atoms with Crippen molar-refractivity contribution >= 4 is 0 Å². The number of rotatable bonds is 4. The minimum absolute atomic E-state index is 0.392. The third-order valence-corrected chi connectivity index (χ3v) is 2.20. The molecular formula is C10H12N2O. The molecule has 13 heavy (non-hydrogen) atoms. The fraction of sp³-hybridized carbons (Fsp3) is 0.500. The molecule has 3 nitrogen and oxygen atoms in total. The monoisotopic (exact) mass is 176 g/mol. The van der Waals surface area contributed by atoms with Crippen LogP contribution in [0.2, 0.25) is 0 Å². The Kier molecular flexibility index (Phi) is 2.33. The molecule has 1 aromatic rings. The highest BCUT2D eigenvalue weighted by Gasteiger charge is 2.20. The number of nitrogens with zero attached hydrogens (tertiary/aromatic N) is 1. The first-order chi connectivity index (χ1) is 6.38. The predicted octanol–water partition coefficient (Wildman–Crippen LogP) is 1.65. The smallest absolute Gasteiger partial charge is 0.203 e. The SMILES string of the molecule is N#Cc1ccc(CNCC2CC2)o1. The number of furan rings is 1. The molecule has 1 aliphatic rings. The van der Waals surface area contributed by atoms with Crippen molar-refractivity contribution in [1.29, 1.82) is 5.26 Å². The van der Waals surface area contributed by atoms with Crippen molar-refractivity contribution in [2.24, 2.45) is 5.92 Å². The van der Waals surface area contributed by atoms with Crippen molar-refractivity contribution in [3.05, 3.63) is 23.7 Å². The zero-order valence-corrected chi connectivity index (χ0v) is 7.42. The molecule has 1 aromatic heterocycles. The normalized spacial score (nSPS) is 15.6. The molecule has 1 N–H and O–H groups in total. The van der Waals surface area contributed by atoms with Crippen molar-refractivity contribution in [3.8, 4) is 6.07 Å². The van der Waals surface area contributed by atoms with Crippen LogP contribution in [0.3, 0.4) is 0 Å². The molecular weight excluding hydrogens is 164 g/mol. The summed E-state index contributed by atoms with van der Waals surface area (Å²) in [5, 5.41) is 11.8. The minimum atomic E-state index is 0.392. The fourth-order valence-electron chi connectivity index (χ4n) is 1.25. The summed E-state index contributed by atoms with van der Waals surface area (Å²) in [7, 11) is 0. The van der Waals surface area contributed by atoms with E-state index in [0.717, 1.165) is 24.8 Å². The molecule has 3 heteroatoms. The van der Waals surface area contributed by atoms with E-state index in [-0.39, 0.29) is 0 Å². The number of nitriles is 1. The fourth-order valence-corrected chi connectivity index (χ4v) is 1.25. The van der Waals surface area contributed by atoms with Gasteiger partial charge in [0.1, 0.15) is 11.8 Å². The summed E-state index contributed by atoms with van der Waals surface area (Å²) in [4.78, 5) is 0. The van der Waals surface area contributed by atoms with Crippen LogP contribution in [-0.2, 0) is 6.54 Å². The third kappa shape index (κ3) is 2.33. The molecule has 68 valence electrons. The molecule has 0 aromatic carbocycles. The van der Waals surface area contributed by atoms with Crippen LogP contribution in [-0.4, -0.2) is 6.54 Å². The number of hydrogen-bond donors (Lipinski definition) is 1. The average Bonchev–Trinajstić information content (AvgIpc) is 2.84. The Balaban J connectivity index is 1.76. The Bertz CT molecular complexity index is 320. The van der Waals surface area contributed by atoms with E-state index in [1.807, 2.05) is 12.1 Å². The van der Waals surface area contributed by atoms with Gasteiger partial charge in [-0.3, -0.25) is 0 Å². The molecule has 0 aliphatic heterocycles. The Labute approximate surface area is 77.4 Å². The van der Waals surface area contributed by atoms with Crippen molar-refractivity contribution in [1.82, 2.24) is 5.32 Å². The van der Waals surface area contributed by atoms with Gasteiger partial charge in [0.2, 0.25) is 5.76 Å². The van der Waals surface area contributed by atoms with E-state index in [1.54, 1.807) is 6.07 Å². The average molecular weight is 176 g/mol. The van der Waals surface area contributed by atoms with Gasteiger partial charge >= 0.3 is 0 Å². The molecule has 1 heterocycles. The molecule has 0 saturated heterocycles. The first-order valence-corrected chi connectivity index (χ1v) is 4.58. The largest absolute Gasteiger partial charge is 0.449 e. The molecule has 1 saturated carbocycles. The summed E-state index contributed by atoms with van der Waals surface area (Å²) < 4.78 is 5.21. The molecule has 0 unspecified atom stereocenters. The molecule has 0 amide bonds. The van der Waals surface area contributed by atoms with Gasteiger partial charge in [-0.15, -0.1) is 0 Å². The summed E-state index contributed by atoms with van der Waals surface area (Å²) in [6.45, 7) is 1.81. The quantitative estimate of drug-likeness (QED) is 0.758. The van der Waals surface area contributed by atoms with Gasteiger partial charge in [0.05, 0.1) is 6.54 Å². The van der Waals surface area contributed by atoms with E-state index in [2.05, 4.69) is 5.32 Å². The van der Waals surface area contributed by atoms with Gasteiger partial charge in [0.25, 0.3) is 0 Å². The second-order valence-corrected chi connectivity index (χ2v) is 3.45. The van der Waals surface area contributed by atoms with E-state index in [0.29, 0.717) is 5.76 Å². The Morgan fingerprint density at radius 3 is 3.00 bits per heavy atom. The van der Waals surface area contributed by atoms with E-state index < -0.39 is 0 Å². The van der Waals surface area contributed by atoms with E-state index in [9.17, 15) is 0 Å². The van der Waals surface area contributed by atoms with E-state index in [4.69, 9.17) is 9.68 Å². The van der Waals surface area contributed by atoms with Crippen molar-refractivity contribution < 1.29 is 4.42 Å². The summed E-state index contributed by atoms with van der Waals surface area (Å²) in [5.41, 5.74) is 0. The van der Waals surface area contributed by atoms with Gasteiger partial charge in [-0.1, -0.05) is 0 Å². The van der Waals surface area contributed by atoms with Crippen LogP contribution in [0.15, 0.2) is 16.5 Å². The van der Waals surface area contributed by atoms with Crippen LogP contribution in [0, 0.1) is 17.2 Å². The molecule has 1 aliphatic carbocycles. The van der Waals surface area contributed by atoms with Gasteiger partial charge in [0, 0.05) is 0 Å². The lowest BCUT2D eigenvalue weighted by Crippen LogP contribution is -2.15. The molecule has 0 atom stereocenters. The Morgan fingerprint density at radius 1 is 1.54 bits per heavy atom. The van der Waals surface area contributed by atoms with Crippen LogP contribution in [0.4, 0.5) is 0 Å². The van der Waals surface area contributed by atoms with Crippen LogP contribution < -0.4 is 5.32 Å². The lowest BCUT2D eigenvalue weighted by Gasteiger charge is -1.98. The van der Waals surface area contributed by atoms with E-state index in [1.165, 1.54) is 12.8 Å². The zero-order valence-electron chi connectivity index (χ0n) is 7.42. The van der Waals surface area contributed by atoms with Gasteiger partial charge in [-0.25, -0.2) is 0 Å². The van der Waals surface area contributed by atoms with Crippen LogP contribution in [0.1, 0.15) is 24.4 Å². The molecule has 2 rings (SSSR count). The van der Waals surface area contributed by atoms with Crippen molar-refractivity contribution in [2.45, 2.75) is 19.4 Å². The lowest BCUT2D eigenvalue weighted by molar-refractivity contribution is 0.470. The number of nitrogens with one attached hydrogen (secondary N) is 1. The predicted molar refractivity (Wildman–Crippen MR) is 47.9 cm³/mol. The summed E-state index contributed by atoms with van der Waals surface area (Å²) in [6.07, 6.45) is 2.71. The van der Waals surface area contributed by atoms with E-state index >= 15 is 0 Å². The minimum Gasteiger partial charge on any atom is -0.449 e. The van der Waals surface area contributed by atoms with Crippen LogP contribution in [0.5, 0.6) is 0 Å². The molecule has 0 radical (unpaired) electrons. The van der Waals surface area contributed by atoms with Crippen LogP contribution in [0.25, 0.3) is 0 Å². The van der Waals surface area contributed by atoms with Crippen molar-refractivity contribution in [2.75, 3.05) is 6.54 Å². The topological polar surface area (TPSA) is 49.0 Å². The highest BCUT2D eigenvalue weighted by molar-refractivity contribution is 5.18. The van der Waals surface area contributed by atoms with Gasteiger partial charge in [-0.2, -0.15) is 5.26 Å². The second kappa shape index (κ2) is 3.63. The summed E-state index contributed by atoms with van der Waals surface area (Å²) in [5.74, 6) is 2.12. The maximum Gasteiger partial charge on any atom is 0.203 e. The molecule has 1 fully saturated rings. The highest BCUT2D eigenvalue weighted by Crippen LogP contribution is 2.27. The van der Waals surface area contributed by atoms with Gasteiger partial charge < -0.3 is 9.73 Å². The van der Waals surface area contributed by atoms with Crippen molar-refractivity contribution in [3.63, 3.8) is 0 Å². The van der Waals surface area contributed by atoms with Crippen LogP contribution >= 0.6 is 0 Å². The first kappa shape index (κ1) is 8.33. The number of hydrogen-bond acceptors (Lipinski definition) is 3. The Hall–Kier alpha value is -1.27. The second-order valence-electron chi connectivity index (χ2n) is 3.45. The lowest BCUT2D eigenvalue weighted by atomic mass is 10.4. The Morgan fingerprint density at radius 2 is 2.38 bits per heavy atom. The zero-order chi connectivity index (χ0) is 9.10. The third-order valence-electron chi connectivity index (χ3n) is 2.20.